The number of benzene rings is 2. The van der Waals surface area contributed by atoms with Gasteiger partial charge in [-0.05, 0) is 55.3 Å². The van der Waals surface area contributed by atoms with Crippen molar-refractivity contribution in [2.75, 3.05) is 5.32 Å². The minimum atomic E-state index is -0.224. The van der Waals surface area contributed by atoms with Gasteiger partial charge in [-0.15, -0.1) is 0 Å². The van der Waals surface area contributed by atoms with Crippen molar-refractivity contribution in [1.29, 1.82) is 0 Å². The lowest BCUT2D eigenvalue weighted by atomic mass is 10.0. The summed E-state index contributed by atoms with van der Waals surface area (Å²) in [5, 5.41) is 2.91. The van der Waals surface area contributed by atoms with Crippen molar-refractivity contribution >= 4 is 17.9 Å². The average Bonchev–Trinajstić information content (AvgIpc) is 3.07. The lowest BCUT2D eigenvalue weighted by Gasteiger charge is -2.10. The molecular formula is C20H17NO3. The maximum absolute atomic E-state index is 12.7. The van der Waals surface area contributed by atoms with Crippen LogP contribution in [-0.4, -0.2) is 12.2 Å². The number of carbonyl (C=O) groups is 2. The third kappa shape index (κ3) is 3.13. The van der Waals surface area contributed by atoms with E-state index in [2.05, 4.69) is 5.32 Å². The first-order chi connectivity index (χ1) is 11.6. The lowest BCUT2D eigenvalue weighted by molar-refractivity contribution is 0.102. The van der Waals surface area contributed by atoms with Gasteiger partial charge in [-0.25, -0.2) is 0 Å². The maximum Gasteiger partial charge on any atom is 0.256 e. The Balaban J connectivity index is 1.92. The highest BCUT2D eigenvalue weighted by atomic mass is 16.3. The Labute approximate surface area is 140 Å². The number of hydrogen-bond acceptors (Lipinski definition) is 3. The standard InChI is InChI=1S/C20H17NO3/c1-13-7-8-15(11-14(13)2)21-20(23)18-6-4-3-5-17(18)19-10-9-16(12-22)24-19/h3-12H,1-2H3,(H,21,23). The molecule has 2 aromatic carbocycles. The van der Waals surface area contributed by atoms with Crippen molar-refractivity contribution in [2.24, 2.45) is 0 Å². The van der Waals surface area contributed by atoms with Gasteiger partial charge in [-0.2, -0.15) is 0 Å². The fraction of sp³-hybridized carbons (Fsp3) is 0.100. The van der Waals surface area contributed by atoms with Crippen LogP contribution in [0.3, 0.4) is 0 Å². The van der Waals surface area contributed by atoms with Gasteiger partial charge >= 0.3 is 0 Å². The van der Waals surface area contributed by atoms with Crippen LogP contribution in [0.25, 0.3) is 11.3 Å². The van der Waals surface area contributed by atoms with Gasteiger partial charge in [0.1, 0.15) is 5.76 Å². The molecule has 0 saturated carbocycles. The molecule has 0 saturated heterocycles. The smallest absolute Gasteiger partial charge is 0.256 e. The molecule has 0 atom stereocenters. The van der Waals surface area contributed by atoms with Crippen LogP contribution >= 0.6 is 0 Å². The van der Waals surface area contributed by atoms with Gasteiger partial charge in [0.25, 0.3) is 5.91 Å². The second-order valence-electron chi connectivity index (χ2n) is 5.62. The Morgan fingerprint density at radius 3 is 2.50 bits per heavy atom. The first-order valence-corrected chi connectivity index (χ1v) is 7.61. The second-order valence-corrected chi connectivity index (χ2v) is 5.62. The predicted molar refractivity (Wildman–Crippen MR) is 93.4 cm³/mol. The van der Waals surface area contributed by atoms with E-state index in [1.165, 1.54) is 5.56 Å². The average molecular weight is 319 g/mol. The van der Waals surface area contributed by atoms with Crippen molar-refractivity contribution in [3.63, 3.8) is 0 Å². The van der Waals surface area contributed by atoms with E-state index in [0.29, 0.717) is 23.2 Å². The monoisotopic (exact) mass is 319 g/mol. The highest BCUT2D eigenvalue weighted by Gasteiger charge is 2.15. The summed E-state index contributed by atoms with van der Waals surface area (Å²) in [5.41, 5.74) is 4.16. The summed E-state index contributed by atoms with van der Waals surface area (Å²) in [6, 6.07) is 16.2. The zero-order valence-electron chi connectivity index (χ0n) is 13.5. The van der Waals surface area contributed by atoms with Gasteiger partial charge in [-0.3, -0.25) is 9.59 Å². The Morgan fingerprint density at radius 1 is 1.00 bits per heavy atom. The van der Waals surface area contributed by atoms with Crippen LogP contribution in [0.4, 0.5) is 5.69 Å². The molecule has 1 heterocycles. The van der Waals surface area contributed by atoms with Crippen LogP contribution in [0.15, 0.2) is 59.0 Å². The number of aldehydes is 1. The van der Waals surface area contributed by atoms with E-state index in [1.54, 1.807) is 30.3 Å². The third-order valence-corrected chi connectivity index (χ3v) is 3.94. The maximum atomic E-state index is 12.7. The Morgan fingerprint density at radius 2 is 1.79 bits per heavy atom. The van der Waals surface area contributed by atoms with Gasteiger partial charge in [-0.1, -0.05) is 24.3 Å². The van der Waals surface area contributed by atoms with Gasteiger partial charge in [0.05, 0.1) is 5.56 Å². The van der Waals surface area contributed by atoms with E-state index >= 15 is 0 Å². The van der Waals surface area contributed by atoms with E-state index in [1.807, 2.05) is 38.1 Å². The highest BCUT2D eigenvalue weighted by molar-refractivity contribution is 6.08. The molecule has 0 fully saturated rings. The number of aryl methyl sites for hydroxylation is 2. The molecule has 3 rings (SSSR count). The van der Waals surface area contributed by atoms with Crippen molar-refractivity contribution < 1.29 is 14.0 Å². The summed E-state index contributed by atoms with van der Waals surface area (Å²) < 4.78 is 5.45. The molecule has 0 aliphatic heterocycles. The van der Waals surface area contributed by atoms with E-state index < -0.39 is 0 Å². The molecule has 3 aromatic rings. The zero-order chi connectivity index (χ0) is 17.1. The minimum absolute atomic E-state index is 0.224. The largest absolute Gasteiger partial charge is 0.453 e. The first kappa shape index (κ1) is 15.7. The van der Waals surface area contributed by atoms with E-state index in [0.717, 1.165) is 11.3 Å². The molecule has 0 spiro atoms. The lowest BCUT2D eigenvalue weighted by Crippen LogP contribution is -2.13. The van der Waals surface area contributed by atoms with Crippen LogP contribution < -0.4 is 5.32 Å². The Bertz CT molecular complexity index is 909. The second kappa shape index (κ2) is 6.54. The molecule has 0 aliphatic carbocycles. The normalized spacial score (nSPS) is 10.4. The Kier molecular flexibility index (Phi) is 4.29. The molecule has 0 unspecified atom stereocenters. The summed E-state index contributed by atoms with van der Waals surface area (Å²) >= 11 is 0. The molecule has 1 amide bonds. The molecule has 1 aromatic heterocycles. The number of nitrogens with one attached hydrogen (secondary N) is 1. The molecule has 24 heavy (non-hydrogen) atoms. The van der Waals surface area contributed by atoms with Crippen LogP contribution in [0.1, 0.15) is 32.0 Å². The molecule has 0 radical (unpaired) electrons. The highest BCUT2D eigenvalue weighted by Crippen LogP contribution is 2.26. The van der Waals surface area contributed by atoms with Crippen LogP contribution in [0.2, 0.25) is 0 Å². The van der Waals surface area contributed by atoms with E-state index in [-0.39, 0.29) is 11.7 Å². The number of anilines is 1. The quantitative estimate of drug-likeness (QED) is 0.713. The summed E-state index contributed by atoms with van der Waals surface area (Å²) in [4.78, 5) is 23.5. The summed E-state index contributed by atoms with van der Waals surface area (Å²) in [7, 11) is 0. The fourth-order valence-electron chi connectivity index (χ4n) is 2.47. The molecule has 1 N–H and O–H groups in total. The summed E-state index contributed by atoms with van der Waals surface area (Å²) in [6.07, 6.45) is 0.640. The SMILES string of the molecule is Cc1ccc(NC(=O)c2ccccc2-c2ccc(C=O)o2)cc1C. The minimum Gasteiger partial charge on any atom is -0.453 e. The topological polar surface area (TPSA) is 59.3 Å². The van der Waals surface area contributed by atoms with Gasteiger partial charge in [0.15, 0.2) is 12.0 Å². The van der Waals surface area contributed by atoms with E-state index in [9.17, 15) is 9.59 Å². The third-order valence-electron chi connectivity index (χ3n) is 3.94. The zero-order valence-corrected chi connectivity index (χ0v) is 13.5. The van der Waals surface area contributed by atoms with Crippen LogP contribution in [0.5, 0.6) is 0 Å². The van der Waals surface area contributed by atoms with Crippen molar-refractivity contribution in [1.82, 2.24) is 0 Å². The molecular weight excluding hydrogens is 302 g/mol. The first-order valence-electron chi connectivity index (χ1n) is 7.61. The fourth-order valence-corrected chi connectivity index (χ4v) is 2.47. The van der Waals surface area contributed by atoms with Gasteiger partial charge in [0.2, 0.25) is 0 Å². The van der Waals surface area contributed by atoms with Gasteiger partial charge < -0.3 is 9.73 Å². The summed E-state index contributed by atoms with van der Waals surface area (Å²) in [6.45, 7) is 4.03. The number of amides is 1. The van der Waals surface area contributed by atoms with Crippen LogP contribution in [-0.2, 0) is 0 Å². The summed E-state index contributed by atoms with van der Waals surface area (Å²) in [5.74, 6) is 0.496. The molecule has 0 aliphatic rings. The number of carbonyl (C=O) groups excluding carboxylic acids is 2. The molecule has 4 heteroatoms. The predicted octanol–water partition coefficient (Wildman–Crippen LogP) is 4.63. The van der Waals surface area contributed by atoms with E-state index in [4.69, 9.17) is 4.42 Å². The van der Waals surface area contributed by atoms with Crippen molar-refractivity contribution in [3.8, 4) is 11.3 Å². The molecule has 120 valence electrons. The van der Waals surface area contributed by atoms with Crippen molar-refractivity contribution in [2.45, 2.75) is 13.8 Å². The van der Waals surface area contributed by atoms with Gasteiger partial charge in [0, 0.05) is 11.3 Å². The number of rotatable bonds is 4. The van der Waals surface area contributed by atoms with Crippen LogP contribution in [0, 0.1) is 13.8 Å². The van der Waals surface area contributed by atoms with Crippen molar-refractivity contribution in [3.05, 3.63) is 77.0 Å². The number of furan rings is 1. The number of hydrogen-bond donors (Lipinski definition) is 1. The Hall–Kier alpha value is -3.14. The molecule has 0 bridgehead atoms. The molecule has 4 nitrogen and oxygen atoms in total.